The van der Waals surface area contributed by atoms with Crippen LogP contribution in [0.15, 0.2) is 54.6 Å². The summed E-state index contributed by atoms with van der Waals surface area (Å²) < 4.78 is 0. The van der Waals surface area contributed by atoms with Gasteiger partial charge < -0.3 is 4.90 Å². The zero-order valence-electron chi connectivity index (χ0n) is 9.80. The Morgan fingerprint density at radius 2 is 1.53 bits per heavy atom. The van der Waals surface area contributed by atoms with E-state index in [9.17, 15) is 0 Å². The summed E-state index contributed by atoms with van der Waals surface area (Å²) in [4.78, 5) is 2.21. The molecule has 0 unspecified atom stereocenters. The van der Waals surface area contributed by atoms with Crippen molar-refractivity contribution in [3.8, 4) is 0 Å². The monoisotopic (exact) mass is 228 g/mol. The van der Waals surface area contributed by atoms with Crippen molar-refractivity contribution in [3.05, 3.63) is 54.6 Å². The van der Waals surface area contributed by atoms with Crippen LogP contribution in [-0.2, 0) is 0 Å². The SMILES string of the molecule is CCN(c1ccccc1)c1ccc(NO)cc1. The van der Waals surface area contributed by atoms with Crippen LogP contribution in [0.2, 0.25) is 0 Å². The lowest BCUT2D eigenvalue weighted by molar-refractivity contribution is 0.389. The molecule has 0 bridgehead atoms. The van der Waals surface area contributed by atoms with E-state index in [4.69, 9.17) is 5.21 Å². The molecule has 0 saturated carbocycles. The number of benzene rings is 2. The van der Waals surface area contributed by atoms with Crippen LogP contribution >= 0.6 is 0 Å². The molecule has 0 atom stereocenters. The Hall–Kier alpha value is -2.00. The summed E-state index contributed by atoms with van der Waals surface area (Å²) in [5.41, 5.74) is 5.10. The second kappa shape index (κ2) is 5.37. The van der Waals surface area contributed by atoms with Crippen LogP contribution in [0.5, 0.6) is 0 Å². The van der Waals surface area contributed by atoms with Crippen molar-refractivity contribution < 1.29 is 5.21 Å². The van der Waals surface area contributed by atoms with Crippen LogP contribution in [0.4, 0.5) is 17.1 Å². The van der Waals surface area contributed by atoms with Gasteiger partial charge in [-0.05, 0) is 43.3 Å². The number of hydrogen-bond acceptors (Lipinski definition) is 3. The van der Waals surface area contributed by atoms with Crippen molar-refractivity contribution in [2.75, 3.05) is 16.9 Å². The van der Waals surface area contributed by atoms with Crippen molar-refractivity contribution in [1.29, 1.82) is 0 Å². The zero-order valence-corrected chi connectivity index (χ0v) is 9.80. The first-order chi connectivity index (χ1) is 8.35. The predicted octanol–water partition coefficient (Wildman–Crippen LogP) is 3.65. The lowest BCUT2D eigenvalue weighted by atomic mass is 10.2. The molecule has 17 heavy (non-hydrogen) atoms. The fraction of sp³-hybridized carbons (Fsp3) is 0.143. The third kappa shape index (κ3) is 2.57. The Labute approximate surface area is 101 Å². The zero-order chi connectivity index (χ0) is 12.1. The molecule has 0 aliphatic heterocycles. The molecule has 0 fully saturated rings. The van der Waals surface area contributed by atoms with E-state index in [1.807, 2.05) is 42.5 Å². The maximum absolute atomic E-state index is 8.78. The Morgan fingerprint density at radius 1 is 0.941 bits per heavy atom. The quantitative estimate of drug-likeness (QED) is 0.784. The molecule has 2 aromatic carbocycles. The molecular formula is C14H16N2O. The largest absolute Gasteiger partial charge is 0.342 e. The van der Waals surface area contributed by atoms with Crippen molar-refractivity contribution in [2.45, 2.75) is 6.92 Å². The highest BCUT2D eigenvalue weighted by atomic mass is 16.5. The predicted molar refractivity (Wildman–Crippen MR) is 71.0 cm³/mol. The maximum Gasteiger partial charge on any atom is 0.0603 e. The van der Waals surface area contributed by atoms with E-state index in [-0.39, 0.29) is 0 Å². The molecule has 2 N–H and O–H groups in total. The van der Waals surface area contributed by atoms with Gasteiger partial charge in [0, 0.05) is 17.9 Å². The van der Waals surface area contributed by atoms with Gasteiger partial charge in [0.2, 0.25) is 0 Å². The molecule has 0 saturated heterocycles. The van der Waals surface area contributed by atoms with Gasteiger partial charge in [-0.15, -0.1) is 0 Å². The molecule has 3 heteroatoms. The third-order valence-electron chi connectivity index (χ3n) is 2.69. The summed E-state index contributed by atoms with van der Waals surface area (Å²) in [6.45, 7) is 3.01. The molecule has 0 radical (unpaired) electrons. The number of anilines is 3. The van der Waals surface area contributed by atoms with Crippen LogP contribution in [0, 0.1) is 0 Å². The van der Waals surface area contributed by atoms with Crippen LogP contribution in [-0.4, -0.2) is 11.8 Å². The van der Waals surface area contributed by atoms with Crippen molar-refractivity contribution in [1.82, 2.24) is 0 Å². The molecule has 0 aliphatic rings. The lowest BCUT2D eigenvalue weighted by Crippen LogP contribution is -2.15. The maximum atomic E-state index is 8.78. The van der Waals surface area contributed by atoms with Crippen molar-refractivity contribution in [2.24, 2.45) is 0 Å². The Balaban J connectivity index is 2.29. The number of hydrogen-bond donors (Lipinski definition) is 2. The summed E-state index contributed by atoms with van der Waals surface area (Å²) in [7, 11) is 0. The van der Waals surface area contributed by atoms with Gasteiger partial charge in [-0.25, -0.2) is 0 Å². The molecule has 2 aromatic rings. The molecule has 3 nitrogen and oxygen atoms in total. The van der Waals surface area contributed by atoms with Gasteiger partial charge in [0.25, 0.3) is 0 Å². The fourth-order valence-corrected chi connectivity index (χ4v) is 1.84. The average Bonchev–Trinajstić information content (AvgIpc) is 2.42. The van der Waals surface area contributed by atoms with Gasteiger partial charge in [-0.2, -0.15) is 0 Å². The van der Waals surface area contributed by atoms with Gasteiger partial charge in [0.05, 0.1) is 5.69 Å². The third-order valence-corrected chi connectivity index (χ3v) is 2.69. The summed E-state index contributed by atoms with van der Waals surface area (Å²) in [6.07, 6.45) is 0. The van der Waals surface area contributed by atoms with E-state index in [1.165, 1.54) is 5.69 Å². The van der Waals surface area contributed by atoms with Crippen LogP contribution in [0.3, 0.4) is 0 Å². The molecule has 88 valence electrons. The molecule has 2 rings (SSSR count). The molecule has 0 aromatic heterocycles. The standard InChI is InChI=1S/C14H16N2O/c1-2-16(13-6-4-3-5-7-13)14-10-8-12(15-17)9-11-14/h3-11,15,17H,2H2,1H3. The highest BCUT2D eigenvalue weighted by Crippen LogP contribution is 2.25. The highest BCUT2D eigenvalue weighted by molar-refractivity contribution is 5.65. The van der Waals surface area contributed by atoms with Crippen molar-refractivity contribution >= 4 is 17.1 Å². The molecule has 0 amide bonds. The number of para-hydroxylation sites is 1. The van der Waals surface area contributed by atoms with E-state index in [0.717, 1.165) is 12.2 Å². The first-order valence-corrected chi connectivity index (χ1v) is 5.68. The summed E-state index contributed by atoms with van der Waals surface area (Å²) >= 11 is 0. The van der Waals surface area contributed by atoms with E-state index < -0.39 is 0 Å². The topological polar surface area (TPSA) is 35.5 Å². The minimum absolute atomic E-state index is 0.692. The van der Waals surface area contributed by atoms with Crippen LogP contribution in [0.1, 0.15) is 6.92 Å². The number of rotatable bonds is 4. The molecule has 0 heterocycles. The molecule has 0 spiro atoms. The highest BCUT2D eigenvalue weighted by Gasteiger charge is 2.05. The van der Waals surface area contributed by atoms with E-state index in [2.05, 4.69) is 29.4 Å². The summed E-state index contributed by atoms with van der Waals surface area (Å²) in [6, 6.07) is 17.9. The smallest absolute Gasteiger partial charge is 0.0603 e. The normalized spacial score (nSPS) is 10.0. The van der Waals surface area contributed by atoms with E-state index in [1.54, 1.807) is 0 Å². The van der Waals surface area contributed by atoms with Gasteiger partial charge in [-0.1, -0.05) is 18.2 Å². The Bertz CT molecular complexity index is 453. The minimum Gasteiger partial charge on any atom is -0.342 e. The Morgan fingerprint density at radius 3 is 2.06 bits per heavy atom. The van der Waals surface area contributed by atoms with Crippen molar-refractivity contribution in [3.63, 3.8) is 0 Å². The lowest BCUT2D eigenvalue weighted by Gasteiger charge is -2.23. The van der Waals surface area contributed by atoms with Gasteiger partial charge in [0.1, 0.15) is 0 Å². The number of nitrogens with one attached hydrogen (secondary N) is 1. The van der Waals surface area contributed by atoms with E-state index >= 15 is 0 Å². The fourth-order valence-electron chi connectivity index (χ4n) is 1.84. The second-order valence-electron chi connectivity index (χ2n) is 3.74. The van der Waals surface area contributed by atoms with Gasteiger partial charge in [0.15, 0.2) is 0 Å². The van der Waals surface area contributed by atoms with Gasteiger partial charge in [-0.3, -0.25) is 10.7 Å². The minimum atomic E-state index is 0.692. The molecular weight excluding hydrogens is 212 g/mol. The summed E-state index contributed by atoms with van der Waals surface area (Å²) in [5.74, 6) is 0. The molecule has 0 aliphatic carbocycles. The van der Waals surface area contributed by atoms with E-state index in [0.29, 0.717) is 5.69 Å². The first-order valence-electron chi connectivity index (χ1n) is 5.68. The average molecular weight is 228 g/mol. The first kappa shape index (κ1) is 11.5. The van der Waals surface area contributed by atoms with Gasteiger partial charge >= 0.3 is 0 Å². The summed E-state index contributed by atoms with van der Waals surface area (Å²) in [5, 5.41) is 8.78. The van der Waals surface area contributed by atoms with Crippen LogP contribution < -0.4 is 10.4 Å². The van der Waals surface area contributed by atoms with Crippen LogP contribution in [0.25, 0.3) is 0 Å². The second-order valence-corrected chi connectivity index (χ2v) is 3.74. The Kier molecular flexibility index (Phi) is 3.62. The number of nitrogens with zero attached hydrogens (tertiary/aromatic N) is 1.